The van der Waals surface area contributed by atoms with Gasteiger partial charge in [0.1, 0.15) is 23.5 Å². The van der Waals surface area contributed by atoms with Gasteiger partial charge in [-0.15, -0.1) is 0 Å². The molecule has 3 heterocycles. The van der Waals surface area contributed by atoms with Crippen molar-refractivity contribution in [1.29, 1.82) is 0 Å². The van der Waals surface area contributed by atoms with E-state index in [1.807, 2.05) is 32.3 Å². The smallest absolute Gasteiger partial charge is 0.161 e. The van der Waals surface area contributed by atoms with E-state index in [0.29, 0.717) is 24.7 Å². The molecule has 2 atom stereocenters. The molecule has 1 aliphatic heterocycles. The molecule has 4 rings (SSSR count). The maximum Gasteiger partial charge on any atom is 0.161 e. The third-order valence-electron chi connectivity index (χ3n) is 4.32. The van der Waals surface area contributed by atoms with Crippen molar-refractivity contribution >= 4 is 11.5 Å². The van der Waals surface area contributed by atoms with Gasteiger partial charge in [0.25, 0.3) is 0 Å². The summed E-state index contributed by atoms with van der Waals surface area (Å²) >= 11 is 0. The Balaban J connectivity index is 1.78. The Bertz CT molecular complexity index is 910. The standard InChI is InChI=1S/C18H20FN5O/c1-11-8-20-9-13-10-21-24-6-5-17(23-18(13)24)22-12(2)15-7-14(19)3-4-16(15)25-11/h3-7,10-12,20H,8-9H2,1-2H3,(H,22,23)/t11-,12+/m0/s1. The summed E-state index contributed by atoms with van der Waals surface area (Å²) in [7, 11) is 0. The van der Waals surface area contributed by atoms with Crippen LogP contribution in [0.5, 0.6) is 5.75 Å². The minimum atomic E-state index is -0.285. The average molecular weight is 341 g/mol. The SMILES string of the molecule is C[C@H]1CNCc2cnn3ccc(nc23)N[C@H](C)c2cc(F)ccc2O1. The molecule has 2 N–H and O–H groups in total. The second kappa shape index (κ2) is 6.33. The molecular weight excluding hydrogens is 321 g/mol. The van der Waals surface area contributed by atoms with E-state index < -0.39 is 0 Å². The molecule has 0 saturated heterocycles. The first-order chi connectivity index (χ1) is 12.1. The lowest BCUT2D eigenvalue weighted by Gasteiger charge is -2.21. The van der Waals surface area contributed by atoms with Crippen molar-refractivity contribution < 1.29 is 9.13 Å². The van der Waals surface area contributed by atoms with Gasteiger partial charge in [0.15, 0.2) is 5.65 Å². The van der Waals surface area contributed by atoms with Gasteiger partial charge in [-0.1, -0.05) is 0 Å². The molecule has 0 amide bonds. The molecule has 0 aliphatic carbocycles. The normalized spacial score (nSPS) is 20.8. The zero-order valence-electron chi connectivity index (χ0n) is 14.2. The third-order valence-corrected chi connectivity index (χ3v) is 4.32. The summed E-state index contributed by atoms with van der Waals surface area (Å²) in [5, 5.41) is 11.0. The number of anilines is 1. The van der Waals surface area contributed by atoms with E-state index in [-0.39, 0.29) is 18.0 Å². The molecule has 1 aromatic carbocycles. The summed E-state index contributed by atoms with van der Waals surface area (Å²) in [5.74, 6) is 1.11. The monoisotopic (exact) mass is 341 g/mol. The minimum absolute atomic E-state index is 0.0562. The number of fused-ring (bicyclic) bond motifs is 2. The van der Waals surface area contributed by atoms with Gasteiger partial charge in [0.2, 0.25) is 0 Å². The zero-order valence-corrected chi connectivity index (χ0v) is 14.2. The first-order valence-electron chi connectivity index (χ1n) is 8.37. The van der Waals surface area contributed by atoms with E-state index in [0.717, 1.165) is 16.8 Å². The van der Waals surface area contributed by atoms with Crippen LogP contribution in [-0.4, -0.2) is 27.2 Å². The number of aromatic nitrogens is 3. The number of nitrogens with zero attached hydrogens (tertiary/aromatic N) is 3. The molecule has 6 nitrogen and oxygen atoms in total. The van der Waals surface area contributed by atoms with Crippen LogP contribution in [0.3, 0.4) is 0 Å². The highest BCUT2D eigenvalue weighted by molar-refractivity contribution is 5.53. The quantitative estimate of drug-likeness (QED) is 0.658. The summed E-state index contributed by atoms with van der Waals surface area (Å²) in [6.07, 6.45) is 3.63. The third kappa shape index (κ3) is 3.15. The van der Waals surface area contributed by atoms with Crippen LogP contribution in [0.4, 0.5) is 10.2 Å². The van der Waals surface area contributed by atoms with E-state index >= 15 is 0 Å². The van der Waals surface area contributed by atoms with E-state index in [4.69, 9.17) is 4.74 Å². The molecule has 3 aromatic rings. The molecular formula is C18H20FN5O. The Morgan fingerprint density at radius 1 is 1.28 bits per heavy atom. The Hall–Kier alpha value is -2.67. The van der Waals surface area contributed by atoms with Crippen LogP contribution in [0.25, 0.3) is 5.65 Å². The lowest BCUT2D eigenvalue weighted by atomic mass is 10.1. The van der Waals surface area contributed by atoms with Gasteiger partial charge in [0, 0.05) is 30.4 Å². The largest absolute Gasteiger partial charge is 0.489 e. The van der Waals surface area contributed by atoms with Crippen LogP contribution in [0.15, 0.2) is 36.7 Å². The zero-order chi connectivity index (χ0) is 17.4. The van der Waals surface area contributed by atoms with Gasteiger partial charge in [0.05, 0.1) is 12.2 Å². The minimum Gasteiger partial charge on any atom is -0.489 e. The van der Waals surface area contributed by atoms with Crippen molar-refractivity contribution in [2.75, 3.05) is 11.9 Å². The predicted octanol–water partition coefficient (Wildman–Crippen LogP) is 2.91. The van der Waals surface area contributed by atoms with Crippen molar-refractivity contribution in [2.45, 2.75) is 32.5 Å². The number of nitrogens with one attached hydrogen (secondary N) is 2. The van der Waals surface area contributed by atoms with Crippen LogP contribution >= 0.6 is 0 Å². The maximum atomic E-state index is 13.8. The van der Waals surface area contributed by atoms with E-state index in [1.165, 1.54) is 12.1 Å². The van der Waals surface area contributed by atoms with Crippen LogP contribution < -0.4 is 15.4 Å². The van der Waals surface area contributed by atoms with Crippen molar-refractivity contribution in [3.05, 3.63) is 53.6 Å². The number of rotatable bonds is 0. The lowest BCUT2D eigenvalue weighted by molar-refractivity contribution is 0.214. The van der Waals surface area contributed by atoms with Gasteiger partial charge in [-0.05, 0) is 38.1 Å². The summed E-state index contributed by atoms with van der Waals surface area (Å²) in [6, 6.07) is 6.31. The van der Waals surface area contributed by atoms with Gasteiger partial charge >= 0.3 is 0 Å². The van der Waals surface area contributed by atoms with Crippen molar-refractivity contribution in [3.8, 4) is 5.75 Å². The molecule has 0 unspecified atom stereocenters. The Morgan fingerprint density at radius 2 is 2.16 bits per heavy atom. The van der Waals surface area contributed by atoms with E-state index in [1.54, 1.807) is 10.6 Å². The predicted molar refractivity (Wildman–Crippen MR) is 93.2 cm³/mol. The molecule has 130 valence electrons. The molecule has 0 saturated carbocycles. The van der Waals surface area contributed by atoms with Crippen molar-refractivity contribution in [1.82, 2.24) is 19.9 Å². The molecule has 25 heavy (non-hydrogen) atoms. The Morgan fingerprint density at radius 3 is 3.04 bits per heavy atom. The van der Waals surface area contributed by atoms with Crippen LogP contribution in [-0.2, 0) is 6.54 Å². The fourth-order valence-corrected chi connectivity index (χ4v) is 3.05. The second-order valence-electron chi connectivity index (χ2n) is 6.36. The Labute approximate surface area is 145 Å². The van der Waals surface area contributed by atoms with Crippen LogP contribution in [0.2, 0.25) is 0 Å². The van der Waals surface area contributed by atoms with E-state index in [2.05, 4.69) is 20.7 Å². The molecule has 2 aromatic heterocycles. The molecule has 2 bridgehead atoms. The highest BCUT2D eigenvalue weighted by atomic mass is 19.1. The van der Waals surface area contributed by atoms with Crippen molar-refractivity contribution in [2.24, 2.45) is 0 Å². The first kappa shape index (κ1) is 15.8. The van der Waals surface area contributed by atoms with Gasteiger partial charge in [-0.25, -0.2) is 13.9 Å². The van der Waals surface area contributed by atoms with Gasteiger partial charge < -0.3 is 15.4 Å². The lowest BCUT2D eigenvalue weighted by Crippen LogP contribution is -2.29. The summed E-state index contributed by atoms with van der Waals surface area (Å²) in [4.78, 5) is 4.66. The average Bonchev–Trinajstić information content (AvgIpc) is 2.98. The summed E-state index contributed by atoms with van der Waals surface area (Å²) in [6.45, 7) is 5.27. The highest BCUT2D eigenvalue weighted by Crippen LogP contribution is 2.29. The van der Waals surface area contributed by atoms with Crippen LogP contribution in [0.1, 0.15) is 31.0 Å². The van der Waals surface area contributed by atoms with E-state index in [9.17, 15) is 4.39 Å². The van der Waals surface area contributed by atoms with Crippen LogP contribution in [0, 0.1) is 5.82 Å². The fraction of sp³-hybridized carbons (Fsp3) is 0.333. The molecule has 0 fully saturated rings. The molecule has 0 spiro atoms. The molecule has 0 radical (unpaired) electrons. The number of halogens is 1. The highest BCUT2D eigenvalue weighted by Gasteiger charge is 2.17. The first-order valence-corrected chi connectivity index (χ1v) is 8.37. The summed E-state index contributed by atoms with van der Waals surface area (Å²) in [5.41, 5.74) is 2.59. The number of benzene rings is 1. The number of hydrogen-bond acceptors (Lipinski definition) is 5. The molecule has 1 aliphatic rings. The molecule has 7 heteroatoms. The second-order valence-corrected chi connectivity index (χ2v) is 6.36. The Kier molecular flexibility index (Phi) is 4.01. The maximum absolute atomic E-state index is 13.8. The number of ether oxygens (including phenoxy) is 1. The number of hydrogen-bond donors (Lipinski definition) is 2. The van der Waals surface area contributed by atoms with Gasteiger partial charge in [-0.3, -0.25) is 0 Å². The summed E-state index contributed by atoms with van der Waals surface area (Å²) < 4.78 is 21.6. The van der Waals surface area contributed by atoms with Crippen molar-refractivity contribution in [3.63, 3.8) is 0 Å². The topological polar surface area (TPSA) is 63.5 Å². The fourth-order valence-electron chi connectivity index (χ4n) is 3.05. The van der Waals surface area contributed by atoms with Gasteiger partial charge in [-0.2, -0.15) is 5.10 Å².